The largest absolute Gasteiger partial charge is 0.497 e. The molecule has 2 heterocycles. The molecule has 7 heteroatoms. The molecule has 0 saturated carbocycles. The Hall–Kier alpha value is -1.73. The van der Waals surface area contributed by atoms with E-state index in [1.54, 1.807) is 26.0 Å². The Bertz CT molecular complexity index is 673. The van der Waals surface area contributed by atoms with E-state index in [-0.39, 0.29) is 11.8 Å². The SMILES string of the molecule is COc1ccc(OC)c(C2CC(=O)NC3=C2C(=S)NCS3)c1. The zero-order chi connectivity index (χ0) is 15.7. The lowest BCUT2D eigenvalue weighted by molar-refractivity contribution is -0.120. The molecule has 5 nitrogen and oxygen atoms in total. The fourth-order valence-electron chi connectivity index (χ4n) is 2.71. The van der Waals surface area contributed by atoms with Crippen LogP contribution in [-0.2, 0) is 4.79 Å². The number of ether oxygens (including phenoxy) is 2. The highest BCUT2D eigenvalue weighted by Crippen LogP contribution is 2.42. The van der Waals surface area contributed by atoms with Gasteiger partial charge in [0.2, 0.25) is 5.91 Å². The molecule has 22 heavy (non-hydrogen) atoms. The van der Waals surface area contributed by atoms with E-state index in [1.807, 2.05) is 18.2 Å². The van der Waals surface area contributed by atoms with Crippen molar-refractivity contribution in [2.75, 3.05) is 20.1 Å². The van der Waals surface area contributed by atoms with Gasteiger partial charge in [0.1, 0.15) is 16.5 Å². The van der Waals surface area contributed by atoms with Gasteiger partial charge in [-0.15, -0.1) is 0 Å². The third kappa shape index (κ3) is 2.66. The molecule has 0 radical (unpaired) electrons. The maximum Gasteiger partial charge on any atom is 0.225 e. The van der Waals surface area contributed by atoms with Gasteiger partial charge >= 0.3 is 0 Å². The first-order chi connectivity index (χ1) is 10.6. The standard InChI is InChI=1S/C15H16N2O3S2/c1-19-8-3-4-11(20-2)9(5-8)10-6-12(18)17-15-13(10)14(21)16-7-22-15/h3-5,10H,6-7H2,1-2H3,(H,16,21)(H,17,18). The second kappa shape index (κ2) is 6.18. The average molecular weight is 336 g/mol. The van der Waals surface area contributed by atoms with Crippen LogP contribution in [0.4, 0.5) is 0 Å². The Balaban J connectivity index is 2.13. The van der Waals surface area contributed by atoms with Crippen LogP contribution in [0.2, 0.25) is 0 Å². The van der Waals surface area contributed by atoms with Gasteiger partial charge in [-0.2, -0.15) is 0 Å². The first kappa shape index (κ1) is 15.2. The lowest BCUT2D eigenvalue weighted by Crippen LogP contribution is -2.40. The van der Waals surface area contributed by atoms with Gasteiger partial charge in [-0.1, -0.05) is 24.0 Å². The molecular weight excluding hydrogens is 320 g/mol. The van der Waals surface area contributed by atoms with Crippen LogP contribution in [0, 0.1) is 0 Å². The molecule has 1 amide bonds. The molecule has 0 spiro atoms. The van der Waals surface area contributed by atoms with Gasteiger partial charge in [-0.25, -0.2) is 0 Å². The highest BCUT2D eigenvalue weighted by molar-refractivity contribution is 8.03. The maximum atomic E-state index is 12.1. The van der Waals surface area contributed by atoms with Crippen LogP contribution in [0.3, 0.4) is 0 Å². The van der Waals surface area contributed by atoms with E-state index in [4.69, 9.17) is 21.7 Å². The summed E-state index contributed by atoms with van der Waals surface area (Å²) in [6.07, 6.45) is 0.338. The first-order valence-corrected chi connectivity index (χ1v) is 8.20. The smallest absolute Gasteiger partial charge is 0.225 e. The Morgan fingerprint density at radius 2 is 2.14 bits per heavy atom. The highest BCUT2D eigenvalue weighted by atomic mass is 32.2. The molecule has 1 aromatic carbocycles. The molecule has 1 atom stereocenters. The third-order valence-electron chi connectivity index (χ3n) is 3.74. The molecule has 1 unspecified atom stereocenters. The number of rotatable bonds is 3. The molecule has 116 valence electrons. The Morgan fingerprint density at radius 3 is 2.86 bits per heavy atom. The number of carbonyl (C=O) groups excluding carboxylic acids is 1. The molecule has 0 aliphatic carbocycles. The molecule has 3 rings (SSSR count). The summed E-state index contributed by atoms with van der Waals surface area (Å²) in [6, 6.07) is 5.61. The maximum absolute atomic E-state index is 12.1. The van der Waals surface area contributed by atoms with Crippen LogP contribution in [0.25, 0.3) is 0 Å². The predicted molar refractivity (Wildman–Crippen MR) is 90.3 cm³/mol. The van der Waals surface area contributed by atoms with Crippen molar-refractivity contribution in [2.24, 2.45) is 0 Å². The summed E-state index contributed by atoms with van der Waals surface area (Å²) in [7, 11) is 3.24. The number of thioether (sulfide) groups is 1. The lowest BCUT2D eigenvalue weighted by atomic mass is 9.85. The van der Waals surface area contributed by atoms with Crippen LogP contribution >= 0.6 is 24.0 Å². The minimum atomic E-state index is -0.137. The van der Waals surface area contributed by atoms with E-state index in [2.05, 4.69) is 10.6 Å². The normalized spacial score (nSPS) is 20.9. The predicted octanol–water partition coefficient (Wildman–Crippen LogP) is 2.14. The lowest BCUT2D eigenvalue weighted by Gasteiger charge is -2.33. The van der Waals surface area contributed by atoms with E-state index >= 15 is 0 Å². The van der Waals surface area contributed by atoms with Gasteiger partial charge < -0.3 is 20.1 Å². The van der Waals surface area contributed by atoms with Gasteiger partial charge in [-0.3, -0.25) is 4.79 Å². The van der Waals surface area contributed by atoms with Gasteiger partial charge in [0, 0.05) is 23.5 Å². The summed E-state index contributed by atoms with van der Waals surface area (Å²) in [5.41, 5.74) is 1.87. The average Bonchev–Trinajstić information content (AvgIpc) is 2.53. The van der Waals surface area contributed by atoms with Crippen molar-refractivity contribution >= 4 is 34.9 Å². The van der Waals surface area contributed by atoms with Crippen LogP contribution in [0.1, 0.15) is 17.9 Å². The molecule has 0 fully saturated rings. The molecule has 2 aliphatic heterocycles. The molecular formula is C15H16N2O3S2. The molecule has 2 N–H and O–H groups in total. The Morgan fingerprint density at radius 1 is 1.32 bits per heavy atom. The number of hydrogen-bond acceptors (Lipinski definition) is 5. The Kier molecular flexibility index (Phi) is 4.26. The number of amides is 1. The van der Waals surface area contributed by atoms with Gasteiger partial charge in [-0.05, 0) is 18.2 Å². The van der Waals surface area contributed by atoms with Crippen molar-refractivity contribution in [1.29, 1.82) is 0 Å². The second-order valence-electron chi connectivity index (χ2n) is 4.95. The van der Waals surface area contributed by atoms with E-state index in [0.717, 1.165) is 27.7 Å². The van der Waals surface area contributed by atoms with Gasteiger partial charge in [0.15, 0.2) is 0 Å². The van der Waals surface area contributed by atoms with Crippen molar-refractivity contribution < 1.29 is 14.3 Å². The van der Waals surface area contributed by atoms with E-state index in [0.29, 0.717) is 17.3 Å². The first-order valence-electron chi connectivity index (χ1n) is 6.81. The van der Waals surface area contributed by atoms with Crippen LogP contribution < -0.4 is 20.1 Å². The molecule has 0 aromatic heterocycles. The summed E-state index contributed by atoms with van der Waals surface area (Å²) in [4.78, 5) is 12.8. The minimum Gasteiger partial charge on any atom is -0.497 e. The van der Waals surface area contributed by atoms with Crippen molar-refractivity contribution in [1.82, 2.24) is 10.6 Å². The molecule has 1 aromatic rings. The topological polar surface area (TPSA) is 59.6 Å². The summed E-state index contributed by atoms with van der Waals surface area (Å²) in [5, 5.41) is 6.94. The minimum absolute atomic E-state index is 0.00850. The summed E-state index contributed by atoms with van der Waals surface area (Å²) < 4.78 is 10.8. The number of hydrogen-bond donors (Lipinski definition) is 2. The quantitative estimate of drug-likeness (QED) is 0.825. The summed E-state index contributed by atoms with van der Waals surface area (Å²) >= 11 is 7.01. The summed E-state index contributed by atoms with van der Waals surface area (Å²) in [6.45, 7) is 0. The number of carbonyl (C=O) groups is 1. The van der Waals surface area contributed by atoms with Crippen molar-refractivity contribution in [2.45, 2.75) is 12.3 Å². The van der Waals surface area contributed by atoms with Crippen molar-refractivity contribution in [3.05, 3.63) is 34.4 Å². The number of methoxy groups -OCH3 is 2. The monoisotopic (exact) mass is 336 g/mol. The fourth-order valence-corrected chi connectivity index (χ4v) is 4.13. The molecule has 2 aliphatic rings. The highest BCUT2D eigenvalue weighted by Gasteiger charge is 2.35. The molecule has 0 bridgehead atoms. The van der Waals surface area contributed by atoms with Crippen molar-refractivity contribution in [3.63, 3.8) is 0 Å². The second-order valence-corrected chi connectivity index (χ2v) is 6.34. The van der Waals surface area contributed by atoms with E-state index < -0.39 is 0 Å². The van der Waals surface area contributed by atoms with Crippen LogP contribution in [0.15, 0.2) is 28.8 Å². The number of benzene rings is 1. The molecule has 0 saturated heterocycles. The van der Waals surface area contributed by atoms with E-state index in [1.165, 1.54) is 0 Å². The van der Waals surface area contributed by atoms with Gasteiger partial charge in [0.25, 0.3) is 0 Å². The fraction of sp³-hybridized carbons (Fsp3) is 0.333. The third-order valence-corrected chi connectivity index (χ3v) is 5.01. The van der Waals surface area contributed by atoms with E-state index in [9.17, 15) is 4.79 Å². The zero-order valence-electron chi connectivity index (χ0n) is 12.3. The number of thiocarbonyl (C=S) groups is 1. The van der Waals surface area contributed by atoms with Gasteiger partial charge in [0.05, 0.1) is 25.1 Å². The van der Waals surface area contributed by atoms with Crippen LogP contribution in [-0.4, -0.2) is 31.0 Å². The zero-order valence-corrected chi connectivity index (χ0v) is 13.9. The summed E-state index contributed by atoms with van der Waals surface area (Å²) in [5.74, 6) is 1.98. The Labute approximate surface area is 138 Å². The van der Waals surface area contributed by atoms with Crippen molar-refractivity contribution in [3.8, 4) is 11.5 Å². The van der Waals surface area contributed by atoms with Crippen LogP contribution in [0.5, 0.6) is 11.5 Å². The number of nitrogens with one attached hydrogen (secondary N) is 2.